The van der Waals surface area contributed by atoms with Gasteiger partial charge in [-0.2, -0.15) is 0 Å². The molecule has 0 aliphatic carbocycles. The van der Waals surface area contributed by atoms with Gasteiger partial charge in [0.1, 0.15) is 0 Å². The fraction of sp³-hybridized carbons (Fsp3) is 0.500. The number of rotatable bonds is 1. The van der Waals surface area contributed by atoms with E-state index in [1.807, 2.05) is 12.1 Å². The monoisotopic (exact) mass is 246 g/mol. The minimum Gasteiger partial charge on any atom is -0.465 e. The molecule has 0 unspecified atom stereocenters. The number of carbonyl (C=O) groups excluding carboxylic acids is 1. The smallest absolute Gasteiger partial charge is 0.339 e. The Morgan fingerprint density at radius 2 is 2.28 bits per heavy atom. The molecule has 1 fully saturated rings. The van der Waals surface area contributed by atoms with Crippen LogP contribution in [0.15, 0.2) is 18.2 Å². The van der Waals surface area contributed by atoms with Gasteiger partial charge in [-0.3, -0.25) is 0 Å². The van der Waals surface area contributed by atoms with Crippen molar-refractivity contribution < 1.29 is 9.53 Å². The molecule has 0 radical (unpaired) electrons. The van der Waals surface area contributed by atoms with Crippen LogP contribution in [0.3, 0.4) is 0 Å². The van der Waals surface area contributed by atoms with Crippen molar-refractivity contribution in [3.8, 4) is 0 Å². The van der Waals surface area contributed by atoms with Crippen molar-refractivity contribution in [2.75, 3.05) is 32.1 Å². The van der Waals surface area contributed by atoms with Gasteiger partial charge in [-0.15, -0.1) is 0 Å². The highest BCUT2D eigenvalue weighted by Gasteiger charge is 2.33. The van der Waals surface area contributed by atoms with E-state index in [9.17, 15) is 4.79 Å². The Hall–Kier alpha value is -1.55. The van der Waals surface area contributed by atoms with Crippen molar-refractivity contribution in [3.05, 3.63) is 29.3 Å². The molecule has 1 aromatic carbocycles. The molecule has 1 aromatic rings. The molecule has 4 nitrogen and oxygen atoms in total. The minimum atomic E-state index is -0.260. The fourth-order valence-electron chi connectivity index (χ4n) is 3.14. The highest BCUT2D eigenvalue weighted by Crippen LogP contribution is 2.38. The largest absolute Gasteiger partial charge is 0.465 e. The van der Waals surface area contributed by atoms with Crippen LogP contribution >= 0.6 is 0 Å². The Morgan fingerprint density at radius 1 is 1.39 bits per heavy atom. The summed E-state index contributed by atoms with van der Waals surface area (Å²) in [6.45, 7) is 3.00. The number of benzene rings is 1. The second-order valence-electron chi connectivity index (χ2n) is 5.00. The maximum atomic E-state index is 11.8. The van der Waals surface area contributed by atoms with Gasteiger partial charge in [0, 0.05) is 19.0 Å². The predicted molar refractivity (Wildman–Crippen MR) is 70.0 cm³/mol. The number of hydrogen-bond acceptors (Lipinski definition) is 4. The number of fused-ring (bicyclic) bond motifs is 3. The molecule has 2 N–H and O–H groups in total. The molecule has 0 aromatic heterocycles. The number of esters is 1. The molecule has 0 spiro atoms. The third-order valence-corrected chi connectivity index (χ3v) is 4.06. The molecular formula is C14H18N2O2. The van der Waals surface area contributed by atoms with Crippen LogP contribution in [0.1, 0.15) is 28.3 Å². The van der Waals surface area contributed by atoms with Crippen LogP contribution in [0.25, 0.3) is 0 Å². The second kappa shape index (κ2) is 4.61. The summed E-state index contributed by atoms with van der Waals surface area (Å²) in [7, 11) is 1.43. The Kier molecular flexibility index (Phi) is 2.96. The van der Waals surface area contributed by atoms with E-state index >= 15 is 0 Å². The van der Waals surface area contributed by atoms with Crippen LogP contribution < -0.4 is 10.6 Å². The van der Waals surface area contributed by atoms with Gasteiger partial charge in [-0.1, -0.05) is 12.1 Å². The zero-order valence-electron chi connectivity index (χ0n) is 10.5. The van der Waals surface area contributed by atoms with Gasteiger partial charge >= 0.3 is 5.97 Å². The molecule has 18 heavy (non-hydrogen) atoms. The van der Waals surface area contributed by atoms with Gasteiger partial charge in [-0.05, 0) is 30.5 Å². The first kappa shape index (κ1) is 11.5. The molecule has 0 amide bonds. The van der Waals surface area contributed by atoms with Gasteiger partial charge in [0.15, 0.2) is 0 Å². The first-order chi connectivity index (χ1) is 8.81. The summed E-state index contributed by atoms with van der Waals surface area (Å²) in [6.07, 6.45) is 1.15. The molecule has 96 valence electrons. The summed E-state index contributed by atoms with van der Waals surface area (Å²) in [5.74, 6) is 0.926. The van der Waals surface area contributed by atoms with Gasteiger partial charge in [-0.25, -0.2) is 4.79 Å². The standard InChI is InChI=1S/C14H18N2O2/c1-18-14(17)11-4-2-3-10-12-8-15-7-9(12)5-6-16-13(10)11/h2-4,9,12,15-16H,5-8H2,1H3/t9-,12-/m1/s1. The Balaban J connectivity index is 2.07. The van der Waals surface area contributed by atoms with E-state index in [1.54, 1.807) is 0 Å². The molecule has 0 bridgehead atoms. The normalized spacial score (nSPS) is 25.6. The summed E-state index contributed by atoms with van der Waals surface area (Å²) < 4.78 is 4.86. The lowest BCUT2D eigenvalue weighted by atomic mass is 9.86. The average Bonchev–Trinajstić information content (AvgIpc) is 2.79. The van der Waals surface area contributed by atoms with Crippen molar-refractivity contribution in [2.45, 2.75) is 12.3 Å². The lowest BCUT2D eigenvalue weighted by Crippen LogP contribution is -2.13. The van der Waals surface area contributed by atoms with E-state index in [0.29, 0.717) is 17.4 Å². The first-order valence-electron chi connectivity index (χ1n) is 6.47. The Morgan fingerprint density at radius 3 is 3.11 bits per heavy atom. The number of methoxy groups -OCH3 is 1. The Bertz CT molecular complexity index is 473. The van der Waals surface area contributed by atoms with Crippen LogP contribution in [-0.2, 0) is 4.74 Å². The van der Waals surface area contributed by atoms with E-state index in [1.165, 1.54) is 12.7 Å². The van der Waals surface area contributed by atoms with Gasteiger partial charge in [0.25, 0.3) is 0 Å². The van der Waals surface area contributed by atoms with Crippen molar-refractivity contribution in [1.82, 2.24) is 5.32 Å². The summed E-state index contributed by atoms with van der Waals surface area (Å²) in [6, 6.07) is 5.92. The van der Waals surface area contributed by atoms with E-state index in [0.717, 1.165) is 31.7 Å². The molecule has 4 heteroatoms. The van der Waals surface area contributed by atoms with Crippen LogP contribution in [0.4, 0.5) is 5.69 Å². The molecule has 0 saturated carbocycles. The van der Waals surface area contributed by atoms with Gasteiger partial charge in [0.2, 0.25) is 0 Å². The van der Waals surface area contributed by atoms with Crippen molar-refractivity contribution in [3.63, 3.8) is 0 Å². The topological polar surface area (TPSA) is 50.4 Å². The fourth-order valence-corrected chi connectivity index (χ4v) is 3.14. The Labute approximate surface area is 107 Å². The van der Waals surface area contributed by atoms with E-state index in [-0.39, 0.29) is 5.97 Å². The number of nitrogens with one attached hydrogen (secondary N) is 2. The molecule has 2 heterocycles. The van der Waals surface area contributed by atoms with Crippen LogP contribution in [-0.4, -0.2) is 32.7 Å². The van der Waals surface area contributed by atoms with Crippen LogP contribution in [0.2, 0.25) is 0 Å². The lowest BCUT2D eigenvalue weighted by Gasteiger charge is -2.18. The summed E-state index contributed by atoms with van der Waals surface area (Å²) in [5.41, 5.74) is 2.88. The van der Waals surface area contributed by atoms with Crippen LogP contribution in [0, 0.1) is 5.92 Å². The molecule has 2 atom stereocenters. The maximum Gasteiger partial charge on any atom is 0.339 e. The number of hydrogen-bond donors (Lipinski definition) is 2. The molecular weight excluding hydrogens is 228 g/mol. The highest BCUT2D eigenvalue weighted by molar-refractivity contribution is 5.96. The summed E-state index contributed by atoms with van der Waals surface area (Å²) in [5, 5.41) is 6.86. The summed E-state index contributed by atoms with van der Waals surface area (Å²) in [4.78, 5) is 11.8. The quantitative estimate of drug-likeness (QED) is 0.739. The third-order valence-electron chi connectivity index (χ3n) is 4.06. The van der Waals surface area contributed by atoms with Crippen molar-refractivity contribution >= 4 is 11.7 Å². The van der Waals surface area contributed by atoms with E-state index in [2.05, 4.69) is 16.7 Å². The number of carbonyl (C=O) groups is 1. The third kappa shape index (κ3) is 1.77. The average molecular weight is 246 g/mol. The SMILES string of the molecule is COC(=O)c1cccc2c1NCC[C@@H]1CNC[C@@H]21. The summed E-state index contributed by atoms with van der Waals surface area (Å²) >= 11 is 0. The van der Waals surface area contributed by atoms with E-state index in [4.69, 9.17) is 4.74 Å². The van der Waals surface area contributed by atoms with Gasteiger partial charge in [0.05, 0.1) is 18.4 Å². The number of ether oxygens (including phenoxy) is 1. The van der Waals surface area contributed by atoms with Gasteiger partial charge < -0.3 is 15.4 Å². The zero-order chi connectivity index (χ0) is 12.5. The highest BCUT2D eigenvalue weighted by atomic mass is 16.5. The maximum absolute atomic E-state index is 11.8. The molecule has 2 aliphatic heterocycles. The minimum absolute atomic E-state index is 0.260. The van der Waals surface area contributed by atoms with Crippen LogP contribution in [0.5, 0.6) is 0 Å². The lowest BCUT2D eigenvalue weighted by molar-refractivity contribution is 0.0601. The number of anilines is 1. The number of para-hydroxylation sites is 1. The van der Waals surface area contributed by atoms with E-state index < -0.39 is 0 Å². The molecule has 3 rings (SSSR count). The predicted octanol–water partition coefficient (Wildman–Crippen LogP) is 1.59. The second-order valence-corrected chi connectivity index (χ2v) is 5.00. The molecule has 1 saturated heterocycles. The van der Waals surface area contributed by atoms with Crippen molar-refractivity contribution in [1.29, 1.82) is 0 Å². The zero-order valence-corrected chi connectivity index (χ0v) is 10.5. The molecule has 2 aliphatic rings. The van der Waals surface area contributed by atoms with Crippen molar-refractivity contribution in [2.24, 2.45) is 5.92 Å². The first-order valence-corrected chi connectivity index (χ1v) is 6.47.